The van der Waals surface area contributed by atoms with Gasteiger partial charge in [0.25, 0.3) is 0 Å². The van der Waals surface area contributed by atoms with Crippen molar-refractivity contribution in [3.8, 4) is 12.3 Å². The van der Waals surface area contributed by atoms with Crippen LogP contribution in [-0.2, 0) is 13.6 Å². The van der Waals surface area contributed by atoms with Crippen molar-refractivity contribution in [1.29, 1.82) is 0 Å². The Balaban J connectivity index is 3.46. The fraction of sp³-hybridized carbons (Fsp3) is 0.250. The summed E-state index contributed by atoms with van der Waals surface area (Å²) in [4.78, 5) is 22.1. The molecule has 0 bridgehead atoms. The first-order valence-electron chi connectivity index (χ1n) is 3.21. The van der Waals surface area contributed by atoms with Crippen LogP contribution in [-0.4, -0.2) is 9.13 Å². The number of hydrogen-bond donors (Lipinski definition) is 0. The second-order valence-corrected chi connectivity index (χ2v) is 2.17. The second-order valence-electron chi connectivity index (χ2n) is 2.17. The average molecular weight is 162 g/mol. The highest BCUT2D eigenvalue weighted by atomic mass is 16.2. The second kappa shape index (κ2) is 2.98. The quantitative estimate of drug-likeness (QED) is 0.486. The first kappa shape index (κ1) is 8.16. The highest BCUT2D eigenvalue weighted by molar-refractivity contribution is 4.87. The van der Waals surface area contributed by atoms with Gasteiger partial charge in [-0.1, -0.05) is 5.92 Å². The summed E-state index contributed by atoms with van der Waals surface area (Å²) in [5.74, 6) is 2.21. The molecule has 0 radical (unpaired) electrons. The van der Waals surface area contributed by atoms with Crippen LogP contribution in [0, 0.1) is 24.6 Å². The molecular formula is C8H6N2O2. The van der Waals surface area contributed by atoms with E-state index < -0.39 is 11.2 Å². The van der Waals surface area contributed by atoms with Crippen molar-refractivity contribution in [1.82, 2.24) is 9.13 Å². The summed E-state index contributed by atoms with van der Waals surface area (Å²) in [7, 11) is 1.48. The Labute approximate surface area is 69.1 Å². The molecule has 0 N–H and O–H groups in total. The molecule has 0 saturated heterocycles. The van der Waals surface area contributed by atoms with Crippen LogP contribution in [0.4, 0.5) is 0 Å². The molecule has 0 spiro atoms. The maximum Gasteiger partial charge on any atom is 0.339 e. The molecule has 0 atom stereocenters. The fourth-order valence-corrected chi connectivity index (χ4v) is 0.746. The number of rotatable bonds is 1. The third-order valence-corrected chi connectivity index (χ3v) is 1.34. The van der Waals surface area contributed by atoms with E-state index in [0.717, 1.165) is 9.13 Å². The standard InChI is InChI=1S/C8H6N2O2/c1-3-5-10-7(11)4-6-9(2)8(10)12/h1H,5H2,2H3. The Kier molecular flexibility index (Phi) is 2.02. The van der Waals surface area contributed by atoms with E-state index in [1.807, 2.05) is 0 Å². The van der Waals surface area contributed by atoms with E-state index in [0.29, 0.717) is 0 Å². The Morgan fingerprint density at radius 3 is 2.83 bits per heavy atom. The van der Waals surface area contributed by atoms with Crippen molar-refractivity contribution in [2.75, 3.05) is 0 Å². The number of nitrogens with zero attached hydrogens (tertiary/aromatic N) is 2. The predicted octanol–water partition coefficient (Wildman–Crippen LogP) is -1.22. The molecule has 0 amide bonds. The molecule has 0 saturated carbocycles. The van der Waals surface area contributed by atoms with Crippen molar-refractivity contribution in [2.24, 2.45) is 7.05 Å². The largest absolute Gasteiger partial charge is 0.339 e. The van der Waals surface area contributed by atoms with Crippen molar-refractivity contribution >= 4 is 0 Å². The number of hydrogen-bond acceptors (Lipinski definition) is 2. The summed E-state index contributed by atoms with van der Waals surface area (Å²) in [6.45, 7) is -0.0311. The van der Waals surface area contributed by atoms with Crippen molar-refractivity contribution < 1.29 is 0 Å². The molecular weight excluding hydrogens is 156 g/mol. The van der Waals surface area contributed by atoms with Crippen LogP contribution in [0.25, 0.3) is 0 Å². The molecule has 12 heavy (non-hydrogen) atoms. The molecule has 0 aliphatic carbocycles. The normalized spacial score (nSPS) is 8.67. The maximum atomic E-state index is 11.2. The molecule has 0 aliphatic heterocycles. The van der Waals surface area contributed by atoms with Crippen LogP contribution in [0.15, 0.2) is 9.59 Å². The Morgan fingerprint density at radius 1 is 1.58 bits per heavy atom. The lowest BCUT2D eigenvalue weighted by atomic mass is 10.6. The van der Waals surface area contributed by atoms with Gasteiger partial charge in [0.2, 0.25) is 0 Å². The highest BCUT2D eigenvalue weighted by Gasteiger charge is 1.98. The van der Waals surface area contributed by atoms with Crippen molar-refractivity contribution in [3.05, 3.63) is 33.1 Å². The van der Waals surface area contributed by atoms with Crippen LogP contribution >= 0.6 is 0 Å². The van der Waals surface area contributed by atoms with Gasteiger partial charge < -0.3 is 0 Å². The molecule has 0 aliphatic rings. The minimum atomic E-state index is -0.545. The van der Waals surface area contributed by atoms with E-state index >= 15 is 0 Å². The monoisotopic (exact) mass is 162 g/mol. The molecule has 0 unspecified atom stereocenters. The number of aromatic nitrogens is 2. The first-order chi connectivity index (χ1) is 5.66. The lowest BCUT2D eigenvalue weighted by Crippen LogP contribution is -2.36. The molecule has 1 aromatic heterocycles. The van der Waals surface area contributed by atoms with Gasteiger partial charge in [-0.25, -0.2) is 9.36 Å². The van der Waals surface area contributed by atoms with Gasteiger partial charge in [-0.05, 0) is 0 Å². The summed E-state index contributed by atoms with van der Waals surface area (Å²) in [5.41, 5.74) is -1.02. The molecule has 0 aromatic carbocycles. The van der Waals surface area contributed by atoms with Crippen LogP contribution in [0.1, 0.15) is 0 Å². The van der Waals surface area contributed by atoms with Gasteiger partial charge in [0.1, 0.15) is 0 Å². The highest BCUT2D eigenvalue weighted by Crippen LogP contribution is 1.66. The molecule has 1 aromatic rings. The van der Waals surface area contributed by atoms with Crippen LogP contribution in [0.5, 0.6) is 0 Å². The van der Waals surface area contributed by atoms with E-state index in [1.54, 1.807) is 0 Å². The lowest BCUT2D eigenvalue weighted by molar-refractivity contribution is 0.662. The molecule has 0 fully saturated rings. The molecule has 4 nitrogen and oxygen atoms in total. The molecule has 1 rings (SSSR count). The van der Waals surface area contributed by atoms with E-state index in [1.165, 1.54) is 7.05 Å². The van der Waals surface area contributed by atoms with E-state index in [4.69, 9.17) is 6.42 Å². The predicted molar refractivity (Wildman–Crippen MR) is 42.4 cm³/mol. The van der Waals surface area contributed by atoms with Crippen LogP contribution in [0.3, 0.4) is 0 Å². The first-order valence-corrected chi connectivity index (χ1v) is 3.21. The maximum absolute atomic E-state index is 11.2. The van der Waals surface area contributed by atoms with Gasteiger partial charge in [-0.2, -0.15) is 0 Å². The zero-order valence-electron chi connectivity index (χ0n) is 6.50. The summed E-state index contributed by atoms with van der Waals surface area (Å²) >= 11 is 0. The van der Waals surface area contributed by atoms with Crippen molar-refractivity contribution in [3.63, 3.8) is 0 Å². The summed E-state index contributed by atoms with van der Waals surface area (Å²) in [5, 5.41) is 0. The molecule has 4 heteroatoms. The van der Waals surface area contributed by atoms with Gasteiger partial charge in [-0.3, -0.25) is 9.36 Å². The summed E-state index contributed by atoms with van der Waals surface area (Å²) in [6.07, 6.45) is 7.31. The van der Waals surface area contributed by atoms with Gasteiger partial charge in [-0.15, -0.1) is 6.42 Å². The molecule has 60 valence electrons. The van der Waals surface area contributed by atoms with Gasteiger partial charge in [0, 0.05) is 19.3 Å². The zero-order chi connectivity index (χ0) is 9.14. The van der Waals surface area contributed by atoms with E-state index in [9.17, 15) is 9.59 Å². The summed E-state index contributed by atoms with van der Waals surface area (Å²) < 4.78 is 2.04. The SMILES string of the molecule is C#CCn1c(=O)c#cn(C)c1=O. The minimum Gasteiger partial charge on any atom is -0.259 e. The Morgan fingerprint density at radius 2 is 2.25 bits per heavy atom. The smallest absolute Gasteiger partial charge is 0.259 e. The van der Waals surface area contributed by atoms with Gasteiger partial charge in [0.15, 0.2) is 0 Å². The third-order valence-electron chi connectivity index (χ3n) is 1.34. The third kappa shape index (κ3) is 1.23. The summed E-state index contributed by atoms with van der Waals surface area (Å²) in [6, 6.07) is 2.24. The number of terminal acetylenes is 1. The van der Waals surface area contributed by atoms with Gasteiger partial charge >= 0.3 is 11.2 Å². The Bertz CT molecular complexity index is 434. The average Bonchev–Trinajstić information content (AvgIpc) is 2.06. The Hall–Kier alpha value is -1.94. The lowest BCUT2D eigenvalue weighted by Gasteiger charge is -1.96. The van der Waals surface area contributed by atoms with E-state index in [2.05, 4.69) is 18.2 Å². The van der Waals surface area contributed by atoms with Gasteiger partial charge in [0.05, 0.1) is 6.54 Å². The van der Waals surface area contributed by atoms with Crippen LogP contribution < -0.4 is 11.2 Å². The fourth-order valence-electron chi connectivity index (χ4n) is 0.746. The van der Waals surface area contributed by atoms with Crippen molar-refractivity contribution in [2.45, 2.75) is 6.54 Å². The molecule has 1 heterocycles. The van der Waals surface area contributed by atoms with Crippen LogP contribution in [0.2, 0.25) is 0 Å². The topological polar surface area (TPSA) is 44.0 Å². The minimum absolute atomic E-state index is 0.0311. The zero-order valence-corrected chi connectivity index (χ0v) is 6.50. The van der Waals surface area contributed by atoms with E-state index in [-0.39, 0.29) is 6.54 Å².